The van der Waals surface area contributed by atoms with Crippen molar-refractivity contribution in [2.75, 3.05) is 0 Å². The first-order valence-corrected chi connectivity index (χ1v) is 4.19. The van der Waals surface area contributed by atoms with Crippen molar-refractivity contribution < 1.29 is 5.21 Å². The van der Waals surface area contributed by atoms with Gasteiger partial charge in [0.25, 0.3) is 0 Å². The third kappa shape index (κ3) is 1.80. The molecule has 5 nitrogen and oxygen atoms in total. The van der Waals surface area contributed by atoms with Crippen molar-refractivity contribution >= 4 is 5.84 Å². The number of hydrogen-bond donors (Lipinski definition) is 2. The number of aryl methyl sites for hydroxylation is 1. The summed E-state index contributed by atoms with van der Waals surface area (Å²) in [7, 11) is 0. The highest BCUT2D eigenvalue weighted by molar-refractivity contribution is 5.83. The van der Waals surface area contributed by atoms with E-state index in [1.807, 2.05) is 24.6 Å². The van der Waals surface area contributed by atoms with Crippen molar-refractivity contribution in [3.63, 3.8) is 0 Å². The van der Waals surface area contributed by atoms with Crippen molar-refractivity contribution in [1.82, 2.24) is 9.55 Å². The monoisotopic (exact) mass is 182 g/mol. The van der Waals surface area contributed by atoms with Gasteiger partial charge in [0.15, 0.2) is 5.84 Å². The molecular weight excluding hydrogens is 168 g/mol. The largest absolute Gasteiger partial charge is 0.409 e. The van der Waals surface area contributed by atoms with Crippen LogP contribution in [0.25, 0.3) is 0 Å². The molecule has 0 aliphatic rings. The third-order valence-corrected chi connectivity index (χ3v) is 2.03. The Morgan fingerprint density at radius 1 is 1.85 bits per heavy atom. The highest BCUT2D eigenvalue weighted by atomic mass is 16.4. The first kappa shape index (κ1) is 9.57. The maximum atomic E-state index is 8.50. The van der Waals surface area contributed by atoms with Crippen LogP contribution in [-0.2, 0) is 6.42 Å². The number of imidazole rings is 1. The fourth-order valence-electron chi connectivity index (χ4n) is 1.20. The zero-order chi connectivity index (χ0) is 9.84. The van der Waals surface area contributed by atoms with Crippen LogP contribution in [0.1, 0.15) is 25.7 Å². The van der Waals surface area contributed by atoms with E-state index in [4.69, 9.17) is 10.9 Å². The lowest BCUT2D eigenvalue weighted by Gasteiger charge is -2.13. The van der Waals surface area contributed by atoms with Gasteiger partial charge in [0, 0.05) is 18.8 Å². The zero-order valence-corrected chi connectivity index (χ0v) is 7.81. The van der Waals surface area contributed by atoms with Gasteiger partial charge in [-0.15, -0.1) is 0 Å². The van der Waals surface area contributed by atoms with E-state index in [2.05, 4.69) is 10.1 Å². The lowest BCUT2D eigenvalue weighted by molar-refractivity contribution is 0.314. The van der Waals surface area contributed by atoms with Crippen LogP contribution < -0.4 is 5.73 Å². The Morgan fingerprint density at radius 2 is 2.54 bits per heavy atom. The number of amidine groups is 1. The van der Waals surface area contributed by atoms with Crippen LogP contribution in [0.3, 0.4) is 0 Å². The van der Waals surface area contributed by atoms with Crippen molar-refractivity contribution in [3.05, 3.63) is 18.2 Å². The van der Waals surface area contributed by atoms with Crippen LogP contribution in [-0.4, -0.2) is 20.6 Å². The predicted octanol–water partition coefficient (Wildman–Crippen LogP) is 0.753. The molecule has 13 heavy (non-hydrogen) atoms. The molecule has 5 heteroatoms. The van der Waals surface area contributed by atoms with Crippen molar-refractivity contribution in [3.8, 4) is 0 Å². The highest BCUT2D eigenvalue weighted by Gasteiger charge is 2.12. The Balaban J connectivity index is 2.94. The van der Waals surface area contributed by atoms with Crippen molar-refractivity contribution in [1.29, 1.82) is 0 Å². The smallest absolute Gasteiger partial charge is 0.162 e. The zero-order valence-electron chi connectivity index (χ0n) is 7.81. The van der Waals surface area contributed by atoms with Gasteiger partial charge in [-0.05, 0) is 6.92 Å². The van der Waals surface area contributed by atoms with Crippen LogP contribution in [0.2, 0.25) is 0 Å². The fourth-order valence-corrected chi connectivity index (χ4v) is 1.20. The minimum atomic E-state index is -0.151. The molecule has 1 aromatic rings. The molecule has 3 N–H and O–H groups in total. The Morgan fingerprint density at radius 3 is 3.08 bits per heavy atom. The van der Waals surface area contributed by atoms with E-state index in [-0.39, 0.29) is 11.9 Å². The van der Waals surface area contributed by atoms with E-state index in [1.165, 1.54) is 0 Å². The van der Waals surface area contributed by atoms with Crippen LogP contribution in [0.5, 0.6) is 0 Å². The summed E-state index contributed by atoms with van der Waals surface area (Å²) in [5.74, 6) is 1.12. The summed E-state index contributed by atoms with van der Waals surface area (Å²) in [6.07, 6.45) is 4.36. The molecule has 0 aliphatic carbocycles. The van der Waals surface area contributed by atoms with Crippen LogP contribution in [0.15, 0.2) is 17.5 Å². The van der Waals surface area contributed by atoms with E-state index in [0.717, 1.165) is 12.2 Å². The van der Waals surface area contributed by atoms with Crippen LogP contribution >= 0.6 is 0 Å². The van der Waals surface area contributed by atoms with E-state index in [9.17, 15) is 0 Å². The van der Waals surface area contributed by atoms with Crippen molar-refractivity contribution in [2.45, 2.75) is 26.3 Å². The van der Waals surface area contributed by atoms with Crippen molar-refractivity contribution in [2.24, 2.45) is 10.9 Å². The van der Waals surface area contributed by atoms with Gasteiger partial charge >= 0.3 is 0 Å². The summed E-state index contributed by atoms with van der Waals surface area (Å²) < 4.78 is 1.88. The summed E-state index contributed by atoms with van der Waals surface area (Å²) >= 11 is 0. The van der Waals surface area contributed by atoms with Gasteiger partial charge < -0.3 is 15.5 Å². The molecule has 0 saturated heterocycles. The first-order chi connectivity index (χ1) is 6.20. The fraction of sp³-hybridized carbons (Fsp3) is 0.500. The summed E-state index contributed by atoms with van der Waals surface area (Å²) in [5, 5.41) is 11.5. The van der Waals surface area contributed by atoms with Gasteiger partial charge in [0.1, 0.15) is 5.82 Å². The second kappa shape index (κ2) is 3.93. The second-order valence-corrected chi connectivity index (χ2v) is 2.81. The second-order valence-electron chi connectivity index (χ2n) is 2.81. The Bertz CT molecular complexity index is 305. The number of aromatic nitrogens is 2. The van der Waals surface area contributed by atoms with E-state index >= 15 is 0 Å². The summed E-state index contributed by atoms with van der Waals surface area (Å²) in [5.41, 5.74) is 5.48. The lowest BCUT2D eigenvalue weighted by atomic mass is 10.3. The Labute approximate surface area is 76.9 Å². The minimum Gasteiger partial charge on any atom is -0.409 e. The molecule has 1 rings (SSSR count). The minimum absolute atomic E-state index is 0.151. The molecule has 1 unspecified atom stereocenters. The summed E-state index contributed by atoms with van der Waals surface area (Å²) in [6, 6.07) is -0.151. The number of nitrogens with zero attached hydrogens (tertiary/aromatic N) is 3. The van der Waals surface area contributed by atoms with Crippen LogP contribution in [0, 0.1) is 0 Å². The highest BCUT2D eigenvalue weighted by Crippen LogP contribution is 2.09. The average Bonchev–Trinajstić information content (AvgIpc) is 2.62. The molecule has 72 valence electrons. The van der Waals surface area contributed by atoms with Gasteiger partial charge in [-0.2, -0.15) is 0 Å². The number of nitrogens with two attached hydrogens (primary N) is 1. The van der Waals surface area contributed by atoms with E-state index < -0.39 is 0 Å². The maximum absolute atomic E-state index is 8.50. The van der Waals surface area contributed by atoms with Gasteiger partial charge in [0.2, 0.25) is 0 Å². The summed E-state index contributed by atoms with van der Waals surface area (Å²) in [4.78, 5) is 4.14. The van der Waals surface area contributed by atoms with E-state index in [0.29, 0.717) is 0 Å². The Kier molecular flexibility index (Phi) is 2.89. The molecule has 1 aromatic heterocycles. The quantitative estimate of drug-likeness (QED) is 0.313. The number of rotatable bonds is 3. The Hall–Kier alpha value is -1.52. The summed E-state index contributed by atoms with van der Waals surface area (Å²) in [6.45, 7) is 3.87. The molecule has 1 atom stereocenters. The molecule has 1 heterocycles. The molecule has 0 aromatic carbocycles. The maximum Gasteiger partial charge on any atom is 0.162 e. The molecule has 0 saturated carbocycles. The molecule has 0 radical (unpaired) electrons. The average molecular weight is 182 g/mol. The van der Waals surface area contributed by atoms with Crippen LogP contribution in [0.4, 0.5) is 0 Å². The standard InChI is InChI=1S/C8H14N4O/c1-3-7-10-4-5-12(7)6(2)8(9)11-13/h4-6,13H,3H2,1-2H3,(H2,9,11). The van der Waals surface area contributed by atoms with Gasteiger partial charge in [-0.1, -0.05) is 12.1 Å². The number of oxime groups is 1. The number of hydrogen-bond acceptors (Lipinski definition) is 3. The normalized spacial score (nSPS) is 14.5. The van der Waals surface area contributed by atoms with E-state index in [1.54, 1.807) is 6.20 Å². The molecule has 0 aliphatic heterocycles. The molecule has 0 spiro atoms. The molecule has 0 amide bonds. The SMILES string of the molecule is CCc1nccn1C(C)/C(N)=N/O. The molecular formula is C8H14N4O. The lowest BCUT2D eigenvalue weighted by Crippen LogP contribution is -2.25. The predicted molar refractivity (Wildman–Crippen MR) is 49.7 cm³/mol. The third-order valence-electron chi connectivity index (χ3n) is 2.03. The van der Waals surface area contributed by atoms with Gasteiger partial charge in [-0.25, -0.2) is 4.98 Å². The topological polar surface area (TPSA) is 76.4 Å². The van der Waals surface area contributed by atoms with Gasteiger partial charge in [-0.3, -0.25) is 0 Å². The van der Waals surface area contributed by atoms with Gasteiger partial charge in [0.05, 0.1) is 6.04 Å². The first-order valence-electron chi connectivity index (χ1n) is 4.19. The molecule has 0 bridgehead atoms. The molecule has 0 fully saturated rings.